The van der Waals surface area contributed by atoms with E-state index in [-0.39, 0.29) is 0 Å². The van der Waals surface area contributed by atoms with Gasteiger partial charge in [-0.2, -0.15) is 0 Å². The van der Waals surface area contributed by atoms with Gasteiger partial charge in [0, 0.05) is 43.6 Å². The average molecular weight is 233 g/mol. The molecule has 3 heteroatoms. The molecule has 3 nitrogen and oxygen atoms in total. The van der Waals surface area contributed by atoms with Crippen LogP contribution in [0.3, 0.4) is 0 Å². The van der Waals surface area contributed by atoms with Crippen molar-refractivity contribution in [1.29, 1.82) is 0 Å². The van der Waals surface area contributed by atoms with Crippen LogP contribution in [0.2, 0.25) is 0 Å². The van der Waals surface area contributed by atoms with E-state index in [1.165, 1.54) is 25.2 Å². The van der Waals surface area contributed by atoms with Gasteiger partial charge >= 0.3 is 0 Å². The van der Waals surface area contributed by atoms with Crippen LogP contribution in [0.5, 0.6) is 0 Å². The van der Waals surface area contributed by atoms with Crippen LogP contribution in [-0.4, -0.2) is 37.1 Å². The van der Waals surface area contributed by atoms with Crippen LogP contribution in [0.15, 0.2) is 24.3 Å². The van der Waals surface area contributed by atoms with Crippen LogP contribution in [0.25, 0.3) is 0 Å². The van der Waals surface area contributed by atoms with Crippen molar-refractivity contribution in [3.63, 3.8) is 0 Å². The maximum absolute atomic E-state index is 5.71. The number of hydrogen-bond acceptors (Lipinski definition) is 3. The summed E-state index contributed by atoms with van der Waals surface area (Å²) in [7, 11) is 0. The molecule has 1 aliphatic heterocycles. The van der Waals surface area contributed by atoms with E-state index in [9.17, 15) is 0 Å². The summed E-state index contributed by atoms with van der Waals surface area (Å²) < 4.78 is 0. The molecule has 1 fully saturated rings. The van der Waals surface area contributed by atoms with Gasteiger partial charge in [0.1, 0.15) is 0 Å². The van der Waals surface area contributed by atoms with Crippen LogP contribution >= 0.6 is 0 Å². The number of hydrogen-bond donors (Lipinski definition) is 1. The highest BCUT2D eigenvalue weighted by atomic mass is 15.3. The number of benzene rings is 1. The molecule has 94 valence electrons. The fraction of sp³-hybridized carbons (Fsp3) is 0.571. The molecule has 1 heterocycles. The van der Waals surface area contributed by atoms with Crippen LogP contribution < -0.4 is 10.6 Å². The van der Waals surface area contributed by atoms with E-state index in [4.69, 9.17) is 5.73 Å². The fourth-order valence-corrected chi connectivity index (χ4v) is 2.36. The molecule has 17 heavy (non-hydrogen) atoms. The first kappa shape index (κ1) is 12.2. The Morgan fingerprint density at radius 3 is 2.24 bits per heavy atom. The summed E-state index contributed by atoms with van der Waals surface area (Å²) in [6.45, 7) is 9.15. The molecule has 0 aromatic heterocycles. The van der Waals surface area contributed by atoms with E-state index in [0.29, 0.717) is 6.04 Å². The number of nitrogen functional groups attached to an aromatic ring is 1. The highest BCUT2D eigenvalue weighted by Gasteiger charge is 2.19. The molecule has 2 rings (SSSR count). The minimum Gasteiger partial charge on any atom is -0.399 e. The molecule has 1 aromatic rings. The van der Waals surface area contributed by atoms with Gasteiger partial charge in [0.15, 0.2) is 0 Å². The number of nitrogens with zero attached hydrogens (tertiary/aromatic N) is 2. The molecule has 1 saturated heterocycles. The van der Waals surface area contributed by atoms with Crippen LogP contribution in [0.4, 0.5) is 11.4 Å². The monoisotopic (exact) mass is 233 g/mol. The van der Waals surface area contributed by atoms with E-state index in [1.807, 2.05) is 12.1 Å². The van der Waals surface area contributed by atoms with E-state index in [1.54, 1.807) is 0 Å². The molecule has 0 unspecified atom stereocenters. The van der Waals surface area contributed by atoms with E-state index in [0.717, 1.165) is 18.8 Å². The second kappa shape index (κ2) is 5.41. The summed E-state index contributed by atoms with van der Waals surface area (Å²) in [6, 6.07) is 8.92. The Morgan fingerprint density at radius 1 is 1.12 bits per heavy atom. The minimum atomic E-state index is 0.712. The van der Waals surface area contributed by atoms with Gasteiger partial charge < -0.3 is 10.6 Å². The summed E-state index contributed by atoms with van der Waals surface area (Å²) >= 11 is 0. The summed E-state index contributed by atoms with van der Waals surface area (Å²) in [5.74, 6) is 0. The molecule has 2 N–H and O–H groups in total. The first-order chi connectivity index (χ1) is 8.20. The number of piperazine rings is 1. The van der Waals surface area contributed by atoms with E-state index in [2.05, 4.69) is 35.8 Å². The van der Waals surface area contributed by atoms with Crippen LogP contribution in [0, 0.1) is 0 Å². The number of anilines is 2. The van der Waals surface area contributed by atoms with Crippen molar-refractivity contribution in [3.05, 3.63) is 24.3 Å². The highest BCUT2D eigenvalue weighted by Crippen LogP contribution is 2.19. The normalized spacial score (nSPS) is 19.3. The molecule has 1 atom stereocenters. The van der Waals surface area contributed by atoms with Crippen molar-refractivity contribution in [2.75, 3.05) is 36.8 Å². The lowest BCUT2D eigenvalue weighted by Crippen LogP contribution is -2.49. The summed E-state index contributed by atoms with van der Waals surface area (Å²) in [5.41, 5.74) is 7.84. The Balaban J connectivity index is 1.93. The van der Waals surface area contributed by atoms with Crippen molar-refractivity contribution in [2.24, 2.45) is 0 Å². The Kier molecular flexibility index (Phi) is 3.89. The fourth-order valence-electron chi connectivity index (χ4n) is 2.36. The Labute approximate surface area is 104 Å². The molecular weight excluding hydrogens is 210 g/mol. The Bertz CT molecular complexity index is 339. The van der Waals surface area contributed by atoms with E-state index >= 15 is 0 Å². The minimum absolute atomic E-state index is 0.712. The first-order valence-corrected chi connectivity index (χ1v) is 6.55. The van der Waals surface area contributed by atoms with E-state index < -0.39 is 0 Å². The van der Waals surface area contributed by atoms with Gasteiger partial charge in [-0.05, 0) is 37.6 Å². The Morgan fingerprint density at radius 2 is 1.71 bits per heavy atom. The van der Waals surface area contributed by atoms with Gasteiger partial charge in [-0.25, -0.2) is 0 Å². The summed E-state index contributed by atoms with van der Waals surface area (Å²) in [4.78, 5) is 5.02. The van der Waals surface area contributed by atoms with Gasteiger partial charge in [-0.3, -0.25) is 4.90 Å². The third-order valence-electron chi connectivity index (χ3n) is 3.79. The summed E-state index contributed by atoms with van der Waals surface area (Å²) in [6.07, 6.45) is 1.24. The first-order valence-electron chi connectivity index (χ1n) is 6.55. The molecular formula is C14H23N3. The highest BCUT2D eigenvalue weighted by molar-refractivity contribution is 5.53. The lowest BCUT2D eigenvalue weighted by atomic mass is 10.1. The maximum atomic E-state index is 5.71. The van der Waals surface area contributed by atoms with Gasteiger partial charge in [0.2, 0.25) is 0 Å². The maximum Gasteiger partial charge on any atom is 0.0368 e. The molecule has 1 aliphatic rings. The van der Waals surface area contributed by atoms with Crippen molar-refractivity contribution in [3.8, 4) is 0 Å². The second-order valence-corrected chi connectivity index (χ2v) is 4.87. The number of rotatable bonds is 3. The Hall–Kier alpha value is -1.22. The zero-order valence-electron chi connectivity index (χ0n) is 10.9. The number of nitrogens with two attached hydrogens (primary N) is 1. The third-order valence-corrected chi connectivity index (χ3v) is 3.79. The zero-order chi connectivity index (χ0) is 12.3. The van der Waals surface area contributed by atoms with Gasteiger partial charge in [-0.1, -0.05) is 6.92 Å². The topological polar surface area (TPSA) is 32.5 Å². The second-order valence-electron chi connectivity index (χ2n) is 4.87. The van der Waals surface area contributed by atoms with Gasteiger partial charge in [0.25, 0.3) is 0 Å². The molecule has 0 spiro atoms. The van der Waals surface area contributed by atoms with Crippen molar-refractivity contribution >= 4 is 11.4 Å². The predicted octanol–water partition coefficient (Wildman–Crippen LogP) is 2.19. The lowest BCUT2D eigenvalue weighted by Gasteiger charge is -2.39. The molecule has 0 bridgehead atoms. The molecule has 0 radical (unpaired) electrons. The van der Waals surface area contributed by atoms with Crippen LogP contribution in [0.1, 0.15) is 20.3 Å². The standard InChI is InChI=1S/C14H23N3/c1-3-12(2)16-8-10-17(11-9-16)14-6-4-13(15)5-7-14/h4-7,12H,3,8-11,15H2,1-2H3/t12-/m0/s1. The van der Waals surface area contributed by atoms with Crippen molar-refractivity contribution in [2.45, 2.75) is 26.3 Å². The summed E-state index contributed by atoms with van der Waals surface area (Å²) in [5, 5.41) is 0. The third kappa shape index (κ3) is 2.91. The lowest BCUT2D eigenvalue weighted by molar-refractivity contribution is 0.193. The molecule has 0 amide bonds. The zero-order valence-corrected chi connectivity index (χ0v) is 10.9. The average Bonchev–Trinajstić information content (AvgIpc) is 2.39. The predicted molar refractivity (Wildman–Crippen MR) is 74.4 cm³/mol. The molecule has 0 aliphatic carbocycles. The SMILES string of the molecule is CC[C@H](C)N1CCN(c2ccc(N)cc2)CC1. The van der Waals surface area contributed by atoms with Gasteiger partial charge in [-0.15, -0.1) is 0 Å². The largest absolute Gasteiger partial charge is 0.399 e. The molecule has 0 saturated carbocycles. The van der Waals surface area contributed by atoms with Crippen molar-refractivity contribution in [1.82, 2.24) is 4.90 Å². The quantitative estimate of drug-likeness (QED) is 0.812. The molecule has 1 aromatic carbocycles. The van der Waals surface area contributed by atoms with Gasteiger partial charge in [0.05, 0.1) is 0 Å². The van der Waals surface area contributed by atoms with Crippen LogP contribution in [-0.2, 0) is 0 Å². The smallest absolute Gasteiger partial charge is 0.0368 e. The van der Waals surface area contributed by atoms with Crippen molar-refractivity contribution < 1.29 is 0 Å².